The van der Waals surface area contributed by atoms with Crippen LogP contribution in [-0.2, 0) is 9.53 Å². The van der Waals surface area contributed by atoms with Gasteiger partial charge in [-0.1, -0.05) is 18.2 Å². The molecule has 1 amide bonds. The van der Waals surface area contributed by atoms with Crippen molar-refractivity contribution in [2.75, 3.05) is 25.2 Å². The molecule has 2 atom stereocenters. The second-order valence-corrected chi connectivity index (χ2v) is 4.66. The normalized spacial score (nSPS) is 13.9. The molecule has 0 aliphatic rings. The summed E-state index contributed by atoms with van der Waals surface area (Å²) in [6.45, 7) is 7.13. The second kappa shape index (κ2) is 7.92. The van der Waals surface area contributed by atoms with Gasteiger partial charge in [-0.2, -0.15) is 0 Å². The molecule has 0 saturated carbocycles. The summed E-state index contributed by atoms with van der Waals surface area (Å²) in [4.78, 5) is 14.2. The molecule has 0 aromatic heterocycles. The number of amides is 1. The SMILES string of the molecule is CCN(C(=O)[C@@H](C)N[C@H](C)COC)c1ccccc1. The Hall–Kier alpha value is -1.39. The molecule has 19 heavy (non-hydrogen) atoms. The van der Waals surface area contributed by atoms with E-state index in [1.54, 1.807) is 12.0 Å². The van der Waals surface area contributed by atoms with Gasteiger partial charge in [-0.05, 0) is 32.9 Å². The van der Waals surface area contributed by atoms with Crippen LogP contribution in [0, 0.1) is 0 Å². The minimum absolute atomic E-state index is 0.0802. The van der Waals surface area contributed by atoms with Crippen molar-refractivity contribution in [3.05, 3.63) is 30.3 Å². The van der Waals surface area contributed by atoms with E-state index in [0.29, 0.717) is 13.2 Å². The van der Waals surface area contributed by atoms with Crippen molar-refractivity contribution in [2.45, 2.75) is 32.9 Å². The molecule has 0 radical (unpaired) electrons. The van der Waals surface area contributed by atoms with Crippen LogP contribution in [0.3, 0.4) is 0 Å². The van der Waals surface area contributed by atoms with Crippen LogP contribution in [0.5, 0.6) is 0 Å². The Morgan fingerprint density at radius 3 is 2.47 bits per heavy atom. The molecule has 0 saturated heterocycles. The molecule has 4 nitrogen and oxygen atoms in total. The minimum atomic E-state index is -0.231. The van der Waals surface area contributed by atoms with Crippen LogP contribution < -0.4 is 10.2 Å². The molecule has 1 rings (SSSR count). The molecule has 1 aromatic carbocycles. The third-order valence-electron chi connectivity index (χ3n) is 2.97. The van der Waals surface area contributed by atoms with Crippen LogP contribution in [0.25, 0.3) is 0 Å². The summed E-state index contributed by atoms with van der Waals surface area (Å²) >= 11 is 0. The number of hydrogen-bond acceptors (Lipinski definition) is 3. The topological polar surface area (TPSA) is 41.6 Å². The lowest BCUT2D eigenvalue weighted by molar-refractivity contribution is -0.120. The highest BCUT2D eigenvalue weighted by Gasteiger charge is 2.21. The van der Waals surface area contributed by atoms with E-state index in [1.165, 1.54) is 0 Å². The number of carbonyl (C=O) groups excluding carboxylic acids is 1. The first-order chi connectivity index (χ1) is 9.10. The highest BCUT2D eigenvalue weighted by molar-refractivity contribution is 5.96. The third kappa shape index (κ3) is 4.65. The maximum absolute atomic E-state index is 12.4. The van der Waals surface area contributed by atoms with Crippen molar-refractivity contribution in [3.63, 3.8) is 0 Å². The fraction of sp³-hybridized carbons (Fsp3) is 0.533. The highest BCUT2D eigenvalue weighted by Crippen LogP contribution is 2.14. The van der Waals surface area contributed by atoms with Gasteiger partial charge in [0.15, 0.2) is 0 Å². The number of likely N-dealkylation sites (N-methyl/N-ethyl adjacent to an activating group) is 1. The van der Waals surface area contributed by atoms with Gasteiger partial charge in [0.1, 0.15) is 0 Å². The smallest absolute Gasteiger partial charge is 0.243 e. The molecule has 1 aromatic rings. The Morgan fingerprint density at radius 2 is 1.95 bits per heavy atom. The summed E-state index contributed by atoms with van der Waals surface area (Å²) < 4.78 is 5.07. The van der Waals surface area contributed by atoms with Crippen molar-refractivity contribution in [1.29, 1.82) is 0 Å². The highest BCUT2D eigenvalue weighted by atomic mass is 16.5. The predicted molar refractivity (Wildman–Crippen MR) is 78.4 cm³/mol. The molecule has 0 spiro atoms. The predicted octanol–water partition coefficient (Wildman–Crippen LogP) is 2.05. The van der Waals surface area contributed by atoms with Gasteiger partial charge in [-0.3, -0.25) is 4.79 Å². The molecule has 0 bridgehead atoms. The molecule has 1 N–H and O–H groups in total. The van der Waals surface area contributed by atoms with Crippen LogP contribution in [-0.4, -0.2) is 38.3 Å². The van der Waals surface area contributed by atoms with E-state index in [2.05, 4.69) is 5.32 Å². The van der Waals surface area contributed by atoms with Crippen LogP contribution >= 0.6 is 0 Å². The average molecular weight is 264 g/mol. The molecule has 0 unspecified atom stereocenters. The van der Waals surface area contributed by atoms with Gasteiger partial charge in [0.05, 0.1) is 12.6 Å². The monoisotopic (exact) mass is 264 g/mol. The number of anilines is 1. The van der Waals surface area contributed by atoms with E-state index in [1.807, 2.05) is 51.1 Å². The van der Waals surface area contributed by atoms with Gasteiger partial charge in [0.25, 0.3) is 0 Å². The van der Waals surface area contributed by atoms with Crippen molar-refractivity contribution in [3.8, 4) is 0 Å². The van der Waals surface area contributed by atoms with Crippen molar-refractivity contribution >= 4 is 11.6 Å². The van der Waals surface area contributed by atoms with E-state index >= 15 is 0 Å². The van der Waals surface area contributed by atoms with Gasteiger partial charge in [-0.25, -0.2) is 0 Å². The minimum Gasteiger partial charge on any atom is -0.383 e. The van der Waals surface area contributed by atoms with E-state index in [4.69, 9.17) is 4.74 Å². The molecule has 0 aliphatic carbocycles. The van der Waals surface area contributed by atoms with Gasteiger partial charge < -0.3 is 15.0 Å². The Morgan fingerprint density at radius 1 is 1.32 bits per heavy atom. The Kier molecular flexibility index (Phi) is 6.53. The van der Waals surface area contributed by atoms with E-state index in [0.717, 1.165) is 5.69 Å². The maximum atomic E-state index is 12.4. The van der Waals surface area contributed by atoms with Crippen molar-refractivity contribution < 1.29 is 9.53 Å². The average Bonchev–Trinajstić information content (AvgIpc) is 2.40. The van der Waals surface area contributed by atoms with Gasteiger partial charge in [0, 0.05) is 25.4 Å². The first-order valence-corrected chi connectivity index (χ1v) is 6.71. The number of para-hydroxylation sites is 1. The van der Waals surface area contributed by atoms with E-state index in [9.17, 15) is 4.79 Å². The molecule has 0 aliphatic heterocycles. The third-order valence-corrected chi connectivity index (χ3v) is 2.97. The van der Waals surface area contributed by atoms with Crippen LogP contribution in [0.15, 0.2) is 30.3 Å². The zero-order valence-corrected chi connectivity index (χ0v) is 12.2. The number of nitrogens with zero attached hydrogens (tertiary/aromatic N) is 1. The Balaban J connectivity index is 2.68. The lowest BCUT2D eigenvalue weighted by Crippen LogP contribution is -2.48. The number of nitrogens with one attached hydrogen (secondary N) is 1. The standard InChI is InChI=1S/C15H24N2O2/c1-5-17(14-9-7-6-8-10-14)15(18)13(3)16-12(2)11-19-4/h6-10,12-13,16H,5,11H2,1-4H3/t12-,13-/m1/s1. The molecule has 0 fully saturated rings. The lowest BCUT2D eigenvalue weighted by atomic mass is 10.2. The maximum Gasteiger partial charge on any atom is 0.243 e. The first kappa shape index (κ1) is 15.7. The van der Waals surface area contributed by atoms with Crippen LogP contribution in [0.4, 0.5) is 5.69 Å². The van der Waals surface area contributed by atoms with Crippen molar-refractivity contribution in [2.24, 2.45) is 0 Å². The molecule has 4 heteroatoms. The molecular formula is C15H24N2O2. The summed E-state index contributed by atoms with van der Waals surface area (Å²) in [5.74, 6) is 0.0802. The zero-order valence-electron chi connectivity index (χ0n) is 12.2. The summed E-state index contributed by atoms with van der Waals surface area (Å²) in [6.07, 6.45) is 0. The van der Waals surface area contributed by atoms with Gasteiger partial charge in [0.2, 0.25) is 5.91 Å². The zero-order chi connectivity index (χ0) is 14.3. The van der Waals surface area contributed by atoms with Crippen LogP contribution in [0.2, 0.25) is 0 Å². The molecule has 106 valence electrons. The fourth-order valence-electron chi connectivity index (χ4n) is 2.10. The largest absolute Gasteiger partial charge is 0.383 e. The van der Waals surface area contributed by atoms with Crippen LogP contribution in [0.1, 0.15) is 20.8 Å². The second-order valence-electron chi connectivity index (χ2n) is 4.66. The summed E-state index contributed by atoms with van der Waals surface area (Å²) in [6, 6.07) is 9.65. The molecule has 0 heterocycles. The quantitative estimate of drug-likeness (QED) is 0.819. The van der Waals surface area contributed by atoms with Crippen molar-refractivity contribution in [1.82, 2.24) is 5.32 Å². The number of ether oxygens (including phenoxy) is 1. The van der Waals surface area contributed by atoms with Gasteiger partial charge in [-0.15, -0.1) is 0 Å². The van der Waals surface area contributed by atoms with E-state index in [-0.39, 0.29) is 18.0 Å². The van der Waals surface area contributed by atoms with E-state index < -0.39 is 0 Å². The number of rotatable bonds is 7. The number of carbonyl (C=O) groups is 1. The van der Waals surface area contributed by atoms with Gasteiger partial charge >= 0.3 is 0 Å². The number of hydrogen-bond donors (Lipinski definition) is 1. The lowest BCUT2D eigenvalue weighted by Gasteiger charge is -2.26. The molecular weight excluding hydrogens is 240 g/mol. The summed E-state index contributed by atoms with van der Waals surface area (Å²) in [5, 5.41) is 3.25. The first-order valence-electron chi connectivity index (χ1n) is 6.71. The number of benzene rings is 1. The summed E-state index contributed by atoms with van der Waals surface area (Å²) in [5.41, 5.74) is 0.933. The number of methoxy groups -OCH3 is 1. The fourth-order valence-corrected chi connectivity index (χ4v) is 2.10. The Labute approximate surface area is 115 Å². The summed E-state index contributed by atoms with van der Waals surface area (Å²) in [7, 11) is 1.66. The Bertz CT molecular complexity index is 381.